The average Bonchev–Trinajstić information content (AvgIpc) is 3.02. The lowest BCUT2D eigenvalue weighted by molar-refractivity contribution is 0.551. The highest BCUT2D eigenvalue weighted by atomic mass is 15.4. The molecule has 3 aromatic rings. The van der Waals surface area contributed by atoms with Gasteiger partial charge in [-0.1, -0.05) is 0 Å². The zero-order chi connectivity index (χ0) is 15.5. The molecule has 0 aromatic carbocycles. The molecule has 6 heteroatoms. The fraction of sp³-hybridized carbons (Fsp3) is 0.375. The van der Waals surface area contributed by atoms with Crippen LogP contribution in [0.1, 0.15) is 29.5 Å². The maximum atomic E-state index is 4.54. The molecule has 0 N–H and O–H groups in total. The molecule has 0 atom stereocenters. The Morgan fingerprint density at radius 1 is 1.14 bits per heavy atom. The van der Waals surface area contributed by atoms with Crippen molar-refractivity contribution >= 4 is 0 Å². The fourth-order valence-electron chi connectivity index (χ4n) is 2.59. The zero-order valence-electron chi connectivity index (χ0n) is 13.2. The number of hydrogen-bond acceptors (Lipinski definition) is 4. The first kappa shape index (κ1) is 14.4. The van der Waals surface area contributed by atoms with Crippen molar-refractivity contribution in [2.45, 2.75) is 40.2 Å². The molecular weight excluding hydrogens is 276 g/mol. The molecule has 0 saturated carbocycles. The van der Waals surface area contributed by atoms with Crippen molar-refractivity contribution in [3.63, 3.8) is 0 Å². The Morgan fingerprint density at radius 3 is 2.68 bits per heavy atom. The predicted molar refractivity (Wildman–Crippen MR) is 83.9 cm³/mol. The van der Waals surface area contributed by atoms with Gasteiger partial charge in [0.1, 0.15) is 11.6 Å². The van der Waals surface area contributed by atoms with Gasteiger partial charge < -0.3 is 0 Å². The summed E-state index contributed by atoms with van der Waals surface area (Å²) in [6.07, 6.45) is 5.39. The van der Waals surface area contributed by atoms with Crippen LogP contribution in [0.4, 0.5) is 0 Å². The summed E-state index contributed by atoms with van der Waals surface area (Å²) < 4.78 is 3.93. The minimum absolute atomic E-state index is 0.782. The standard InChI is InChI=1S/C16H20N6/c1-12-10-13(2)21(19-12)9-5-7-16-18-14(3)20-22(16)15-6-4-8-17-11-15/h4,6,8,10-11H,5,7,9H2,1-3H3. The Kier molecular flexibility index (Phi) is 4.00. The molecule has 22 heavy (non-hydrogen) atoms. The summed E-state index contributed by atoms with van der Waals surface area (Å²) in [6.45, 7) is 6.91. The van der Waals surface area contributed by atoms with Gasteiger partial charge in [0.2, 0.25) is 0 Å². The van der Waals surface area contributed by atoms with Crippen LogP contribution < -0.4 is 0 Å². The second-order valence-electron chi connectivity index (χ2n) is 5.45. The maximum Gasteiger partial charge on any atom is 0.148 e. The second-order valence-corrected chi connectivity index (χ2v) is 5.45. The van der Waals surface area contributed by atoms with Gasteiger partial charge in [0.05, 0.1) is 17.6 Å². The summed E-state index contributed by atoms with van der Waals surface area (Å²) in [7, 11) is 0. The van der Waals surface area contributed by atoms with Crippen LogP contribution in [-0.4, -0.2) is 29.5 Å². The van der Waals surface area contributed by atoms with Crippen molar-refractivity contribution in [3.05, 3.63) is 53.6 Å². The molecule has 0 fully saturated rings. The van der Waals surface area contributed by atoms with Crippen LogP contribution in [0.25, 0.3) is 5.69 Å². The van der Waals surface area contributed by atoms with Gasteiger partial charge in [-0.3, -0.25) is 9.67 Å². The van der Waals surface area contributed by atoms with E-state index in [0.717, 1.165) is 42.4 Å². The van der Waals surface area contributed by atoms with Gasteiger partial charge in [-0.05, 0) is 45.4 Å². The van der Waals surface area contributed by atoms with Crippen LogP contribution in [0.3, 0.4) is 0 Å². The average molecular weight is 296 g/mol. The molecule has 3 heterocycles. The van der Waals surface area contributed by atoms with Crippen LogP contribution in [0, 0.1) is 20.8 Å². The lowest BCUT2D eigenvalue weighted by atomic mass is 10.3. The van der Waals surface area contributed by atoms with Crippen molar-refractivity contribution in [2.75, 3.05) is 0 Å². The number of nitrogens with zero attached hydrogens (tertiary/aromatic N) is 6. The number of aryl methyl sites for hydroxylation is 5. The molecule has 0 aliphatic carbocycles. The Morgan fingerprint density at radius 2 is 2.00 bits per heavy atom. The number of pyridine rings is 1. The molecule has 0 unspecified atom stereocenters. The van der Waals surface area contributed by atoms with E-state index in [9.17, 15) is 0 Å². The Bertz CT molecular complexity index is 756. The normalized spacial score (nSPS) is 11.0. The molecule has 3 rings (SSSR count). The van der Waals surface area contributed by atoms with Crippen molar-refractivity contribution in [3.8, 4) is 5.69 Å². The van der Waals surface area contributed by atoms with Crippen molar-refractivity contribution in [2.24, 2.45) is 0 Å². The van der Waals surface area contributed by atoms with Gasteiger partial charge in [-0.25, -0.2) is 9.67 Å². The summed E-state index contributed by atoms with van der Waals surface area (Å²) in [5.74, 6) is 1.75. The van der Waals surface area contributed by atoms with E-state index >= 15 is 0 Å². The van der Waals surface area contributed by atoms with E-state index in [1.807, 2.05) is 35.3 Å². The summed E-state index contributed by atoms with van der Waals surface area (Å²) in [5.41, 5.74) is 3.21. The molecule has 0 spiro atoms. The molecule has 0 bridgehead atoms. The smallest absolute Gasteiger partial charge is 0.148 e. The monoisotopic (exact) mass is 296 g/mol. The zero-order valence-corrected chi connectivity index (χ0v) is 13.2. The van der Waals surface area contributed by atoms with Crippen LogP contribution in [0.15, 0.2) is 30.6 Å². The molecule has 0 saturated heterocycles. The van der Waals surface area contributed by atoms with Gasteiger partial charge in [0.15, 0.2) is 0 Å². The quantitative estimate of drug-likeness (QED) is 0.725. The molecule has 0 aliphatic heterocycles. The molecule has 0 radical (unpaired) electrons. The van der Waals surface area contributed by atoms with Crippen molar-refractivity contribution < 1.29 is 0 Å². The van der Waals surface area contributed by atoms with E-state index in [0.29, 0.717) is 0 Å². The molecule has 6 nitrogen and oxygen atoms in total. The highest BCUT2D eigenvalue weighted by Gasteiger charge is 2.10. The van der Waals surface area contributed by atoms with Gasteiger partial charge >= 0.3 is 0 Å². The van der Waals surface area contributed by atoms with Gasteiger partial charge in [0.25, 0.3) is 0 Å². The van der Waals surface area contributed by atoms with Crippen LogP contribution in [0.2, 0.25) is 0 Å². The summed E-state index contributed by atoms with van der Waals surface area (Å²) in [5, 5.41) is 8.96. The molecule has 114 valence electrons. The Balaban J connectivity index is 1.72. The highest BCUT2D eigenvalue weighted by molar-refractivity contribution is 5.27. The third-order valence-corrected chi connectivity index (χ3v) is 3.54. The molecular formula is C16H20N6. The van der Waals surface area contributed by atoms with E-state index in [-0.39, 0.29) is 0 Å². The Hall–Kier alpha value is -2.50. The van der Waals surface area contributed by atoms with Crippen molar-refractivity contribution in [1.82, 2.24) is 29.5 Å². The first-order chi connectivity index (χ1) is 10.6. The topological polar surface area (TPSA) is 61.4 Å². The summed E-state index contributed by atoms with van der Waals surface area (Å²) >= 11 is 0. The van der Waals surface area contributed by atoms with Gasteiger partial charge in [0, 0.05) is 24.9 Å². The first-order valence-corrected chi connectivity index (χ1v) is 7.47. The summed E-state index contributed by atoms with van der Waals surface area (Å²) in [6, 6.07) is 6.00. The third kappa shape index (κ3) is 3.05. The molecule has 0 amide bonds. The SMILES string of the molecule is Cc1cc(C)n(CCCc2nc(C)nn2-c2cccnc2)n1. The molecule has 3 aromatic heterocycles. The largest absolute Gasteiger partial charge is 0.270 e. The number of hydrogen-bond donors (Lipinski definition) is 0. The number of rotatable bonds is 5. The third-order valence-electron chi connectivity index (χ3n) is 3.54. The van der Waals surface area contributed by atoms with E-state index in [1.54, 1.807) is 12.4 Å². The summed E-state index contributed by atoms with van der Waals surface area (Å²) in [4.78, 5) is 8.69. The van der Waals surface area contributed by atoms with Gasteiger partial charge in [-0.2, -0.15) is 10.2 Å². The van der Waals surface area contributed by atoms with Crippen LogP contribution in [0.5, 0.6) is 0 Å². The van der Waals surface area contributed by atoms with Crippen molar-refractivity contribution in [1.29, 1.82) is 0 Å². The van der Waals surface area contributed by atoms with E-state index in [1.165, 1.54) is 5.69 Å². The number of aromatic nitrogens is 6. The lowest BCUT2D eigenvalue weighted by Crippen LogP contribution is -2.07. The van der Waals surface area contributed by atoms with E-state index in [4.69, 9.17) is 0 Å². The van der Waals surface area contributed by atoms with Crippen LogP contribution in [-0.2, 0) is 13.0 Å². The maximum absolute atomic E-state index is 4.54. The lowest BCUT2D eigenvalue weighted by Gasteiger charge is -2.06. The highest BCUT2D eigenvalue weighted by Crippen LogP contribution is 2.11. The predicted octanol–water partition coefficient (Wildman–Crippen LogP) is 2.42. The van der Waals surface area contributed by atoms with Gasteiger partial charge in [-0.15, -0.1) is 0 Å². The van der Waals surface area contributed by atoms with Crippen LogP contribution >= 0.6 is 0 Å². The van der Waals surface area contributed by atoms with E-state index in [2.05, 4.69) is 33.2 Å². The second kappa shape index (κ2) is 6.09. The minimum atomic E-state index is 0.782. The first-order valence-electron chi connectivity index (χ1n) is 7.47. The molecule has 0 aliphatic rings. The Labute approximate surface area is 129 Å². The van der Waals surface area contributed by atoms with E-state index < -0.39 is 0 Å². The fourth-order valence-corrected chi connectivity index (χ4v) is 2.59. The minimum Gasteiger partial charge on any atom is -0.270 e.